The van der Waals surface area contributed by atoms with Gasteiger partial charge in [-0.3, -0.25) is 4.98 Å². The minimum atomic E-state index is -0.0879. The molecule has 0 N–H and O–H groups in total. The van der Waals surface area contributed by atoms with Crippen molar-refractivity contribution in [2.24, 2.45) is 7.05 Å². The first-order chi connectivity index (χ1) is 13.1. The molecule has 4 aromatic rings. The molecule has 0 amide bonds. The first-order valence-corrected chi connectivity index (χ1v) is 9.43. The molecule has 7 nitrogen and oxygen atoms in total. The third-order valence-corrected chi connectivity index (χ3v) is 5.25. The Kier molecular flexibility index (Phi) is 4.91. The van der Waals surface area contributed by atoms with Crippen LogP contribution in [0.15, 0.2) is 58.4 Å². The molecule has 0 saturated heterocycles. The zero-order chi connectivity index (χ0) is 18.8. The van der Waals surface area contributed by atoms with Crippen LogP contribution in [0.5, 0.6) is 0 Å². The minimum Gasteiger partial charge on any atom is -0.419 e. The van der Waals surface area contributed by atoms with Gasteiger partial charge in [-0.2, -0.15) is 0 Å². The van der Waals surface area contributed by atoms with Gasteiger partial charge < -0.3 is 8.98 Å². The third kappa shape index (κ3) is 3.72. The number of pyridine rings is 1. The highest BCUT2D eigenvalue weighted by Crippen LogP contribution is 2.35. The molecule has 0 saturated carbocycles. The van der Waals surface area contributed by atoms with Crippen molar-refractivity contribution in [2.75, 3.05) is 0 Å². The Labute approximate surface area is 164 Å². The molecular weight excluding hydrogens is 384 g/mol. The highest BCUT2D eigenvalue weighted by molar-refractivity contribution is 7.99. The van der Waals surface area contributed by atoms with E-state index in [0.29, 0.717) is 16.8 Å². The molecular formula is C18H15ClN6OS. The van der Waals surface area contributed by atoms with E-state index in [2.05, 4.69) is 25.4 Å². The molecule has 4 rings (SSSR count). The Morgan fingerprint density at radius 2 is 1.93 bits per heavy atom. The molecule has 0 fully saturated rings. The molecule has 0 radical (unpaired) electrons. The van der Waals surface area contributed by atoms with Crippen molar-refractivity contribution in [3.05, 3.63) is 59.7 Å². The molecule has 0 spiro atoms. The second-order valence-electron chi connectivity index (χ2n) is 5.82. The van der Waals surface area contributed by atoms with E-state index in [4.69, 9.17) is 16.0 Å². The predicted molar refractivity (Wildman–Crippen MR) is 103 cm³/mol. The summed E-state index contributed by atoms with van der Waals surface area (Å²) in [5, 5.41) is 18.1. The fourth-order valence-corrected chi connectivity index (χ4v) is 3.54. The van der Waals surface area contributed by atoms with Crippen LogP contribution in [0.1, 0.15) is 18.1 Å². The monoisotopic (exact) mass is 398 g/mol. The van der Waals surface area contributed by atoms with Crippen molar-refractivity contribution >= 4 is 23.4 Å². The van der Waals surface area contributed by atoms with Gasteiger partial charge in [0, 0.05) is 35.6 Å². The van der Waals surface area contributed by atoms with Crippen LogP contribution >= 0.6 is 23.4 Å². The van der Waals surface area contributed by atoms with Crippen LogP contribution in [0.4, 0.5) is 0 Å². The van der Waals surface area contributed by atoms with E-state index in [9.17, 15) is 0 Å². The predicted octanol–water partition coefficient (Wildman–Crippen LogP) is 4.43. The third-order valence-electron chi connectivity index (χ3n) is 3.90. The molecule has 0 aliphatic rings. The molecule has 1 unspecified atom stereocenters. The minimum absolute atomic E-state index is 0.0879. The maximum atomic E-state index is 6.03. The Balaban J connectivity index is 1.53. The van der Waals surface area contributed by atoms with Gasteiger partial charge in [-0.1, -0.05) is 29.4 Å². The normalized spacial score (nSPS) is 12.3. The van der Waals surface area contributed by atoms with Crippen LogP contribution in [0, 0.1) is 0 Å². The Morgan fingerprint density at radius 3 is 2.70 bits per heavy atom. The summed E-state index contributed by atoms with van der Waals surface area (Å²) in [4.78, 5) is 4.13. The summed E-state index contributed by atoms with van der Waals surface area (Å²) >= 11 is 7.52. The van der Waals surface area contributed by atoms with Crippen LogP contribution < -0.4 is 0 Å². The lowest BCUT2D eigenvalue weighted by molar-refractivity contribution is 0.508. The number of hydrogen-bond acceptors (Lipinski definition) is 7. The number of thioether (sulfide) groups is 1. The number of nitrogens with zero attached hydrogens (tertiary/aromatic N) is 6. The van der Waals surface area contributed by atoms with Gasteiger partial charge in [-0.15, -0.1) is 20.4 Å². The molecule has 0 aliphatic heterocycles. The van der Waals surface area contributed by atoms with Gasteiger partial charge in [0.2, 0.25) is 11.8 Å². The maximum absolute atomic E-state index is 6.03. The first-order valence-electron chi connectivity index (χ1n) is 8.17. The van der Waals surface area contributed by atoms with Gasteiger partial charge in [0.05, 0.1) is 5.25 Å². The van der Waals surface area contributed by atoms with Crippen molar-refractivity contribution in [1.82, 2.24) is 29.9 Å². The van der Waals surface area contributed by atoms with E-state index in [1.165, 1.54) is 11.8 Å². The summed E-state index contributed by atoms with van der Waals surface area (Å²) in [6.07, 6.45) is 3.49. The lowest BCUT2D eigenvalue weighted by Gasteiger charge is -2.06. The van der Waals surface area contributed by atoms with E-state index in [1.807, 2.05) is 42.8 Å². The lowest BCUT2D eigenvalue weighted by Crippen LogP contribution is -1.97. The summed E-state index contributed by atoms with van der Waals surface area (Å²) in [5.74, 6) is 1.71. The molecule has 136 valence electrons. The standard InChI is InChI=1S/C18H15ClN6OS/c1-11(16-22-23-17(26-16)12-5-3-7-14(19)9-12)27-18-24-21-15(25(18)2)13-6-4-8-20-10-13/h3-11H,1-2H3. The largest absolute Gasteiger partial charge is 0.419 e. The summed E-state index contributed by atoms with van der Waals surface area (Å²) in [6.45, 7) is 1.98. The number of hydrogen-bond donors (Lipinski definition) is 0. The molecule has 3 heterocycles. The topological polar surface area (TPSA) is 82.5 Å². The first kappa shape index (κ1) is 17.7. The fraction of sp³-hybridized carbons (Fsp3) is 0.167. The number of aromatic nitrogens is 6. The second kappa shape index (κ2) is 7.50. The number of rotatable bonds is 5. The van der Waals surface area contributed by atoms with Crippen LogP contribution in [0.3, 0.4) is 0 Å². The highest BCUT2D eigenvalue weighted by Gasteiger charge is 2.20. The Morgan fingerprint density at radius 1 is 1.07 bits per heavy atom. The Bertz CT molecular complexity index is 1060. The van der Waals surface area contributed by atoms with E-state index in [-0.39, 0.29) is 5.25 Å². The van der Waals surface area contributed by atoms with Crippen LogP contribution in [-0.4, -0.2) is 29.9 Å². The van der Waals surface area contributed by atoms with Crippen molar-refractivity contribution in [3.63, 3.8) is 0 Å². The number of benzene rings is 1. The molecule has 1 atom stereocenters. The molecule has 9 heteroatoms. The van der Waals surface area contributed by atoms with Crippen molar-refractivity contribution in [2.45, 2.75) is 17.3 Å². The SMILES string of the molecule is CC(Sc1nnc(-c2cccnc2)n1C)c1nnc(-c2cccc(Cl)c2)o1. The molecule has 27 heavy (non-hydrogen) atoms. The van der Waals surface area contributed by atoms with Gasteiger partial charge in [-0.05, 0) is 37.3 Å². The van der Waals surface area contributed by atoms with Crippen LogP contribution in [-0.2, 0) is 7.05 Å². The average molecular weight is 399 g/mol. The summed E-state index contributed by atoms with van der Waals surface area (Å²) in [7, 11) is 1.92. The van der Waals surface area contributed by atoms with Crippen molar-refractivity contribution in [1.29, 1.82) is 0 Å². The second-order valence-corrected chi connectivity index (χ2v) is 7.57. The molecule has 0 bridgehead atoms. The van der Waals surface area contributed by atoms with Gasteiger partial charge in [0.1, 0.15) is 0 Å². The van der Waals surface area contributed by atoms with E-state index < -0.39 is 0 Å². The van der Waals surface area contributed by atoms with Gasteiger partial charge in [0.15, 0.2) is 11.0 Å². The summed E-state index contributed by atoms with van der Waals surface area (Å²) in [5.41, 5.74) is 1.70. The summed E-state index contributed by atoms with van der Waals surface area (Å²) in [6, 6.07) is 11.1. The van der Waals surface area contributed by atoms with Gasteiger partial charge >= 0.3 is 0 Å². The fourth-order valence-electron chi connectivity index (χ4n) is 2.51. The van der Waals surface area contributed by atoms with Crippen LogP contribution in [0.25, 0.3) is 22.8 Å². The van der Waals surface area contributed by atoms with E-state index in [0.717, 1.165) is 22.1 Å². The molecule has 0 aliphatic carbocycles. The van der Waals surface area contributed by atoms with Gasteiger partial charge in [0.25, 0.3) is 0 Å². The van der Waals surface area contributed by atoms with Crippen molar-refractivity contribution in [3.8, 4) is 22.8 Å². The smallest absolute Gasteiger partial charge is 0.247 e. The summed E-state index contributed by atoms with van der Waals surface area (Å²) < 4.78 is 7.74. The van der Waals surface area contributed by atoms with E-state index >= 15 is 0 Å². The van der Waals surface area contributed by atoms with Crippen molar-refractivity contribution < 1.29 is 4.42 Å². The quantitative estimate of drug-likeness (QED) is 0.459. The van der Waals surface area contributed by atoms with Gasteiger partial charge in [-0.25, -0.2) is 0 Å². The van der Waals surface area contributed by atoms with E-state index in [1.54, 1.807) is 24.5 Å². The zero-order valence-electron chi connectivity index (χ0n) is 14.6. The molecule has 1 aromatic carbocycles. The van der Waals surface area contributed by atoms with Crippen LogP contribution in [0.2, 0.25) is 5.02 Å². The Hall–Kier alpha value is -2.71. The lowest BCUT2D eigenvalue weighted by atomic mass is 10.2. The zero-order valence-corrected chi connectivity index (χ0v) is 16.1. The number of halogens is 1. The highest BCUT2D eigenvalue weighted by atomic mass is 35.5. The maximum Gasteiger partial charge on any atom is 0.247 e. The molecule has 3 aromatic heterocycles. The average Bonchev–Trinajstić information content (AvgIpc) is 3.31.